The van der Waals surface area contributed by atoms with Crippen LogP contribution in [-0.4, -0.2) is 21.6 Å². The molecule has 4 nitrogen and oxygen atoms in total. The van der Waals surface area contributed by atoms with Crippen molar-refractivity contribution < 1.29 is 0 Å². The molecule has 2 aromatic rings. The van der Waals surface area contributed by atoms with Crippen LogP contribution in [0.1, 0.15) is 37.6 Å². The van der Waals surface area contributed by atoms with E-state index < -0.39 is 0 Å². The lowest BCUT2D eigenvalue weighted by Crippen LogP contribution is -2.41. The first-order valence-electron chi connectivity index (χ1n) is 7.06. The number of hydrogen-bond donors (Lipinski definition) is 1. The van der Waals surface area contributed by atoms with Gasteiger partial charge >= 0.3 is 0 Å². The highest BCUT2D eigenvalue weighted by molar-refractivity contribution is 7.18. The van der Waals surface area contributed by atoms with E-state index in [2.05, 4.69) is 31.1 Å². The Morgan fingerprint density at radius 3 is 2.75 bits per heavy atom. The van der Waals surface area contributed by atoms with Gasteiger partial charge in [0.2, 0.25) is 0 Å². The maximum atomic E-state index is 12.5. The van der Waals surface area contributed by atoms with Gasteiger partial charge < -0.3 is 5.32 Å². The fourth-order valence-electron chi connectivity index (χ4n) is 2.07. The summed E-state index contributed by atoms with van der Waals surface area (Å²) in [5.74, 6) is 0. The third-order valence-electron chi connectivity index (χ3n) is 4.00. The van der Waals surface area contributed by atoms with Gasteiger partial charge in [0.1, 0.15) is 4.83 Å². The average molecular weight is 293 g/mol. The molecule has 0 radical (unpaired) electrons. The van der Waals surface area contributed by atoms with Crippen molar-refractivity contribution in [3.05, 3.63) is 27.1 Å². The van der Waals surface area contributed by atoms with Gasteiger partial charge in [-0.15, -0.1) is 11.3 Å². The van der Waals surface area contributed by atoms with Crippen molar-refractivity contribution in [2.75, 3.05) is 6.54 Å². The van der Waals surface area contributed by atoms with Crippen LogP contribution in [0.4, 0.5) is 0 Å². The van der Waals surface area contributed by atoms with Crippen molar-refractivity contribution in [1.29, 1.82) is 0 Å². The van der Waals surface area contributed by atoms with Crippen LogP contribution in [-0.2, 0) is 6.54 Å². The minimum atomic E-state index is 0.0768. The highest BCUT2D eigenvalue weighted by atomic mass is 32.1. The SMILES string of the molecule is CCC(C)(C)NCCn1cnc2sc(C)c(C)c2c1=O. The van der Waals surface area contributed by atoms with Gasteiger partial charge in [0, 0.05) is 23.5 Å². The summed E-state index contributed by atoms with van der Waals surface area (Å²) in [6, 6.07) is 0. The van der Waals surface area contributed by atoms with Crippen molar-refractivity contribution in [2.45, 2.75) is 53.1 Å². The number of nitrogens with zero attached hydrogens (tertiary/aromatic N) is 2. The fraction of sp³-hybridized carbons (Fsp3) is 0.600. The molecule has 0 saturated heterocycles. The lowest BCUT2D eigenvalue weighted by atomic mass is 10.0. The molecule has 1 N–H and O–H groups in total. The summed E-state index contributed by atoms with van der Waals surface area (Å²) >= 11 is 1.59. The molecule has 2 aromatic heterocycles. The van der Waals surface area contributed by atoms with Gasteiger partial charge in [-0.05, 0) is 39.7 Å². The summed E-state index contributed by atoms with van der Waals surface area (Å²) < 4.78 is 1.71. The molecule has 0 aromatic carbocycles. The Balaban J connectivity index is 2.22. The highest BCUT2D eigenvalue weighted by Crippen LogP contribution is 2.25. The molecule has 0 unspecified atom stereocenters. The molecule has 0 aliphatic rings. The largest absolute Gasteiger partial charge is 0.310 e. The molecule has 0 aliphatic carbocycles. The molecule has 5 heteroatoms. The Hall–Kier alpha value is -1.20. The van der Waals surface area contributed by atoms with E-state index in [0.717, 1.165) is 28.7 Å². The second-order valence-corrected chi connectivity index (χ2v) is 7.07. The summed E-state index contributed by atoms with van der Waals surface area (Å²) in [4.78, 5) is 18.9. The van der Waals surface area contributed by atoms with Gasteiger partial charge in [-0.25, -0.2) is 4.98 Å². The number of thiophene rings is 1. The Bertz CT molecular complexity index is 670. The molecule has 0 fully saturated rings. The molecule has 110 valence electrons. The minimum Gasteiger partial charge on any atom is -0.310 e. The molecule has 0 bridgehead atoms. The smallest absolute Gasteiger partial charge is 0.262 e. The van der Waals surface area contributed by atoms with Crippen LogP contribution in [0.5, 0.6) is 0 Å². The number of aryl methyl sites for hydroxylation is 2. The molecule has 2 rings (SSSR count). The zero-order valence-corrected chi connectivity index (χ0v) is 13.7. The lowest BCUT2D eigenvalue weighted by molar-refractivity contribution is 0.366. The van der Waals surface area contributed by atoms with Crippen LogP contribution >= 0.6 is 11.3 Å². The predicted octanol–water partition coefficient (Wildman–Crippen LogP) is 2.85. The summed E-state index contributed by atoms with van der Waals surface area (Å²) in [7, 11) is 0. The number of nitrogens with one attached hydrogen (secondary N) is 1. The molecule has 20 heavy (non-hydrogen) atoms. The summed E-state index contributed by atoms with van der Waals surface area (Å²) in [5.41, 5.74) is 1.25. The molecule has 0 amide bonds. The van der Waals surface area contributed by atoms with E-state index in [9.17, 15) is 4.79 Å². The quantitative estimate of drug-likeness (QED) is 0.922. The van der Waals surface area contributed by atoms with Crippen molar-refractivity contribution in [2.24, 2.45) is 0 Å². The molecular formula is C15H23N3OS. The standard InChI is InChI=1S/C15H23N3OS/c1-6-15(4,5)17-7-8-18-9-16-13-12(14(18)19)10(2)11(3)20-13/h9,17H,6-8H2,1-5H3. The molecule has 0 aliphatic heterocycles. The van der Waals surface area contributed by atoms with Crippen molar-refractivity contribution in [3.8, 4) is 0 Å². The van der Waals surface area contributed by atoms with Crippen molar-refractivity contribution in [3.63, 3.8) is 0 Å². The number of rotatable bonds is 5. The third kappa shape index (κ3) is 2.94. The Morgan fingerprint density at radius 2 is 2.10 bits per heavy atom. The average Bonchev–Trinajstić information content (AvgIpc) is 2.69. The first-order chi connectivity index (χ1) is 9.35. The highest BCUT2D eigenvalue weighted by Gasteiger charge is 2.14. The van der Waals surface area contributed by atoms with E-state index in [1.807, 2.05) is 13.8 Å². The first-order valence-corrected chi connectivity index (χ1v) is 7.87. The summed E-state index contributed by atoms with van der Waals surface area (Å²) in [6.45, 7) is 12.0. The fourth-order valence-corrected chi connectivity index (χ4v) is 3.06. The van der Waals surface area contributed by atoms with Gasteiger partial charge in [0.25, 0.3) is 5.56 Å². The Kier molecular flexibility index (Phi) is 4.30. The zero-order valence-electron chi connectivity index (χ0n) is 12.9. The molecular weight excluding hydrogens is 270 g/mol. The van der Waals surface area contributed by atoms with Crippen molar-refractivity contribution in [1.82, 2.24) is 14.9 Å². The van der Waals surface area contributed by atoms with Crippen LogP contribution in [0.15, 0.2) is 11.1 Å². The number of aromatic nitrogens is 2. The zero-order chi connectivity index (χ0) is 14.9. The minimum absolute atomic E-state index is 0.0768. The van der Waals surface area contributed by atoms with Gasteiger partial charge in [-0.2, -0.15) is 0 Å². The monoisotopic (exact) mass is 293 g/mol. The molecule has 0 spiro atoms. The van der Waals surface area contributed by atoms with Crippen LogP contribution in [0.2, 0.25) is 0 Å². The molecule has 2 heterocycles. The molecule has 0 saturated carbocycles. The van der Waals surface area contributed by atoms with Gasteiger partial charge in [0.15, 0.2) is 0 Å². The lowest BCUT2D eigenvalue weighted by Gasteiger charge is -2.24. The topological polar surface area (TPSA) is 46.9 Å². The maximum Gasteiger partial charge on any atom is 0.262 e. The van der Waals surface area contributed by atoms with E-state index in [1.165, 1.54) is 4.88 Å². The normalized spacial score (nSPS) is 12.2. The molecule has 0 atom stereocenters. The Labute approximate surface area is 123 Å². The van der Waals surface area contributed by atoms with Crippen LogP contribution in [0.25, 0.3) is 10.2 Å². The van der Waals surface area contributed by atoms with Gasteiger partial charge in [-0.1, -0.05) is 6.92 Å². The summed E-state index contributed by atoms with van der Waals surface area (Å²) in [5, 5.41) is 4.25. The first kappa shape index (κ1) is 15.2. The van der Waals surface area contributed by atoms with E-state index in [0.29, 0.717) is 6.54 Å². The Morgan fingerprint density at radius 1 is 1.40 bits per heavy atom. The van der Waals surface area contributed by atoms with Crippen molar-refractivity contribution >= 4 is 21.6 Å². The number of fused-ring (bicyclic) bond motifs is 1. The van der Waals surface area contributed by atoms with Gasteiger partial charge in [0.05, 0.1) is 11.7 Å². The van der Waals surface area contributed by atoms with E-state index in [1.54, 1.807) is 22.2 Å². The predicted molar refractivity (Wildman–Crippen MR) is 85.7 cm³/mol. The van der Waals surface area contributed by atoms with E-state index in [4.69, 9.17) is 0 Å². The second-order valence-electron chi connectivity index (χ2n) is 5.87. The van der Waals surface area contributed by atoms with Crippen LogP contribution < -0.4 is 10.9 Å². The maximum absolute atomic E-state index is 12.5. The van der Waals surface area contributed by atoms with Gasteiger partial charge in [-0.3, -0.25) is 9.36 Å². The number of hydrogen-bond acceptors (Lipinski definition) is 4. The third-order valence-corrected chi connectivity index (χ3v) is 5.11. The second kappa shape index (κ2) is 5.66. The van der Waals surface area contributed by atoms with E-state index in [-0.39, 0.29) is 11.1 Å². The summed E-state index contributed by atoms with van der Waals surface area (Å²) in [6.07, 6.45) is 2.72. The van der Waals surface area contributed by atoms with E-state index >= 15 is 0 Å². The van der Waals surface area contributed by atoms with Crippen LogP contribution in [0, 0.1) is 13.8 Å². The van der Waals surface area contributed by atoms with Crippen LogP contribution in [0.3, 0.4) is 0 Å².